The molecule has 0 spiro atoms. The number of aromatic nitrogens is 1. The molecule has 0 fully saturated rings. The predicted molar refractivity (Wildman–Crippen MR) is 84.5 cm³/mol. The van der Waals surface area contributed by atoms with Crippen molar-refractivity contribution < 1.29 is 4.79 Å². The van der Waals surface area contributed by atoms with E-state index in [-0.39, 0.29) is 5.91 Å². The summed E-state index contributed by atoms with van der Waals surface area (Å²) in [6.45, 7) is 0.594. The standard InChI is InChI=1S/C14H14N2OS2/c1-16-11-5-3-2-4-9(11)10-8-12(19-14(10)16)13(17)15-6-7-18/h2-5,8,18H,6-7H2,1H3,(H,15,17). The number of nitrogens with one attached hydrogen (secondary N) is 1. The van der Waals surface area contributed by atoms with Gasteiger partial charge in [-0.3, -0.25) is 4.79 Å². The molecule has 5 heteroatoms. The van der Waals surface area contributed by atoms with Gasteiger partial charge in [-0.15, -0.1) is 11.3 Å². The van der Waals surface area contributed by atoms with E-state index in [4.69, 9.17) is 0 Å². The third-order valence-corrected chi connectivity index (χ3v) is 4.63. The topological polar surface area (TPSA) is 34.0 Å². The molecule has 0 unspecified atom stereocenters. The van der Waals surface area contributed by atoms with Gasteiger partial charge in [-0.1, -0.05) is 18.2 Å². The molecule has 2 heterocycles. The SMILES string of the molecule is Cn1c2ccccc2c2cc(C(=O)NCCS)sc21. The van der Waals surface area contributed by atoms with Crippen molar-refractivity contribution in [1.82, 2.24) is 9.88 Å². The molecule has 1 amide bonds. The minimum absolute atomic E-state index is 0.0145. The van der Waals surface area contributed by atoms with E-state index in [0.717, 1.165) is 15.1 Å². The summed E-state index contributed by atoms with van der Waals surface area (Å²) in [4.78, 5) is 13.9. The molecule has 0 saturated carbocycles. The molecule has 0 aliphatic heterocycles. The molecule has 0 aliphatic rings. The van der Waals surface area contributed by atoms with E-state index in [0.29, 0.717) is 12.3 Å². The van der Waals surface area contributed by atoms with Crippen LogP contribution >= 0.6 is 24.0 Å². The molecule has 3 nitrogen and oxygen atoms in total. The molecule has 0 saturated heterocycles. The first-order valence-corrected chi connectivity index (χ1v) is 7.53. The average Bonchev–Trinajstić information content (AvgIpc) is 2.97. The van der Waals surface area contributed by atoms with Crippen molar-refractivity contribution in [2.45, 2.75) is 0 Å². The highest BCUT2D eigenvalue weighted by Gasteiger charge is 2.15. The summed E-state index contributed by atoms with van der Waals surface area (Å²) in [5, 5.41) is 5.20. The molecule has 1 aromatic carbocycles. The Kier molecular flexibility index (Phi) is 3.24. The Morgan fingerprint density at radius 3 is 2.95 bits per heavy atom. The fraction of sp³-hybridized carbons (Fsp3) is 0.214. The maximum atomic E-state index is 12.0. The first kappa shape index (κ1) is 12.6. The first-order chi connectivity index (χ1) is 9.22. The zero-order chi connectivity index (χ0) is 13.4. The van der Waals surface area contributed by atoms with Crippen molar-refractivity contribution in [1.29, 1.82) is 0 Å². The second-order valence-corrected chi connectivity index (χ2v) is 5.86. The van der Waals surface area contributed by atoms with Crippen LogP contribution in [0.25, 0.3) is 21.1 Å². The molecule has 98 valence electrons. The molecule has 0 atom stereocenters. The van der Waals surface area contributed by atoms with Gasteiger partial charge in [-0.25, -0.2) is 0 Å². The quantitative estimate of drug-likeness (QED) is 0.714. The summed E-state index contributed by atoms with van der Waals surface area (Å²) in [6.07, 6.45) is 0. The van der Waals surface area contributed by atoms with Crippen LogP contribution in [-0.4, -0.2) is 22.8 Å². The number of thiophene rings is 1. The van der Waals surface area contributed by atoms with Crippen LogP contribution in [0.1, 0.15) is 9.67 Å². The van der Waals surface area contributed by atoms with Gasteiger partial charge in [-0.2, -0.15) is 12.6 Å². The Morgan fingerprint density at radius 2 is 2.16 bits per heavy atom. The third kappa shape index (κ3) is 2.03. The second kappa shape index (κ2) is 4.90. The average molecular weight is 290 g/mol. The van der Waals surface area contributed by atoms with Gasteiger partial charge in [0, 0.05) is 35.6 Å². The van der Waals surface area contributed by atoms with Crippen molar-refractivity contribution >= 4 is 51.0 Å². The normalized spacial score (nSPS) is 11.3. The monoisotopic (exact) mass is 290 g/mol. The van der Waals surface area contributed by atoms with Gasteiger partial charge in [0.05, 0.1) is 4.88 Å². The predicted octanol–water partition coefficient (Wildman–Crippen LogP) is 3.05. The smallest absolute Gasteiger partial charge is 0.261 e. The summed E-state index contributed by atoms with van der Waals surface area (Å²) < 4.78 is 2.14. The third-order valence-electron chi connectivity index (χ3n) is 3.19. The van der Waals surface area contributed by atoms with Crippen LogP contribution in [0.3, 0.4) is 0 Å². The lowest BCUT2D eigenvalue weighted by Gasteiger charge is -2.00. The van der Waals surface area contributed by atoms with Crippen LogP contribution in [-0.2, 0) is 7.05 Å². The summed E-state index contributed by atoms with van der Waals surface area (Å²) >= 11 is 5.63. The largest absolute Gasteiger partial charge is 0.351 e. The number of rotatable bonds is 3. The number of carbonyl (C=O) groups excluding carboxylic acids is 1. The Labute approximate surface area is 120 Å². The minimum Gasteiger partial charge on any atom is -0.351 e. The number of carbonyl (C=O) groups is 1. The van der Waals surface area contributed by atoms with Crippen LogP contribution < -0.4 is 5.32 Å². The van der Waals surface area contributed by atoms with E-state index < -0.39 is 0 Å². The fourth-order valence-electron chi connectivity index (χ4n) is 2.30. The molecule has 3 aromatic rings. The number of hydrogen-bond donors (Lipinski definition) is 2. The zero-order valence-electron chi connectivity index (χ0n) is 10.5. The van der Waals surface area contributed by atoms with Gasteiger partial charge < -0.3 is 9.88 Å². The molecular weight excluding hydrogens is 276 g/mol. The minimum atomic E-state index is -0.0145. The number of thiol groups is 1. The van der Waals surface area contributed by atoms with Crippen LogP contribution in [0, 0.1) is 0 Å². The van der Waals surface area contributed by atoms with Crippen molar-refractivity contribution in [3.63, 3.8) is 0 Å². The van der Waals surface area contributed by atoms with Crippen molar-refractivity contribution in [3.8, 4) is 0 Å². The molecular formula is C14H14N2OS2. The number of aryl methyl sites for hydroxylation is 1. The van der Waals surface area contributed by atoms with E-state index in [1.54, 1.807) is 0 Å². The molecule has 0 aliphatic carbocycles. The maximum Gasteiger partial charge on any atom is 0.261 e. The second-order valence-electron chi connectivity index (χ2n) is 4.39. The molecule has 19 heavy (non-hydrogen) atoms. The van der Waals surface area contributed by atoms with Gasteiger partial charge in [-0.05, 0) is 12.1 Å². The highest BCUT2D eigenvalue weighted by Crippen LogP contribution is 2.34. The van der Waals surface area contributed by atoms with Gasteiger partial charge in [0.1, 0.15) is 4.83 Å². The molecule has 1 N–H and O–H groups in total. The molecule has 2 aromatic heterocycles. The van der Waals surface area contributed by atoms with Gasteiger partial charge in [0.15, 0.2) is 0 Å². The zero-order valence-corrected chi connectivity index (χ0v) is 12.2. The first-order valence-electron chi connectivity index (χ1n) is 6.08. The van der Waals surface area contributed by atoms with Crippen LogP contribution in [0.4, 0.5) is 0 Å². The van der Waals surface area contributed by atoms with Crippen LogP contribution in [0.2, 0.25) is 0 Å². The Hall–Kier alpha value is -1.46. The van der Waals surface area contributed by atoms with E-state index in [9.17, 15) is 4.79 Å². The lowest BCUT2D eigenvalue weighted by molar-refractivity contribution is 0.0960. The van der Waals surface area contributed by atoms with Crippen molar-refractivity contribution in [2.75, 3.05) is 12.3 Å². The molecule has 3 rings (SSSR count). The van der Waals surface area contributed by atoms with E-state index >= 15 is 0 Å². The highest BCUT2D eigenvalue weighted by molar-refractivity contribution is 7.80. The lowest BCUT2D eigenvalue weighted by Crippen LogP contribution is -2.24. The summed E-state index contributed by atoms with van der Waals surface area (Å²) in [5.74, 6) is 0.638. The number of nitrogens with zero attached hydrogens (tertiary/aromatic N) is 1. The summed E-state index contributed by atoms with van der Waals surface area (Å²) in [6, 6.07) is 10.2. The summed E-state index contributed by atoms with van der Waals surface area (Å²) in [7, 11) is 2.04. The van der Waals surface area contributed by atoms with E-state index in [1.165, 1.54) is 22.2 Å². The Morgan fingerprint density at radius 1 is 1.37 bits per heavy atom. The number of fused-ring (bicyclic) bond motifs is 3. The summed E-state index contributed by atoms with van der Waals surface area (Å²) in [5.41, 5.74) is 1.20. The van der Waals surface area contributed by atoms with Gasteiger partial charge in [0.25, 0.3) is 5.91 Å². The molecule has 0 radical (unpaired) electrons. The number of benzene rings is 1. The maximum absolute atomic E-state index is 12.0. The van der Waals surface area contributed by atoms with E-state index in [2.05, 4.69) is 34.6 Å². The Balaban J connectivity index is 2.11. The van der Waals surface area contributed by atoms with Crippen LogP contribution in [0.5, 0.6) is 0 Å². The van der Waals surface area contributed by atoms with Gasteiger partial charge in [0.2, 0.25) is 0 Å². The van der Waals surface area contributed by atoms with Crippen molar-refractivity contribution in [3.05, 3.63) is 35.2 Å². The number of amides is 1. The van der Waals surface area contributed by atoms with Gasteiger partial charge >= 0.3 is 0 Å². The van der Waals surface area contributed by atoms with Crippen LogP contribution in [0.15, 0.2) is 30.3 Å². The van der Waals surface area contributed by atoms with E-state index in [1.807, 2.05) is 25.2 Å². The van der Waals surface area contributed by atoms with Crippen molar-refractivity contribution in [2.24, 2.45) is 7.05 Å². The molecule has 0 bridgehead atoms. The Bertz CT molecular complexity index is 757. The number of hydrogen-bond acceptors (Lipinski definition) is 3. The fourth-order valence-corrected chi connectivity index (χ4v) is 3.47. The lowest BCUT2D eigenvalue weighted by atomic mass is 10.2. The highest BCUT2D eigenvalue weighted by atomic mass is 32.1. The number of para-hydroxylation sites is 1.